The molecule has 0 saturated heterocycles. The molecule has 0 aromatic carbocycles. The lowest BCUT2D eigenvalue weighted by atomic mass is 9.91. The number of nitrogens with one attached hydrogen (secondary N) is 2. The van der Waals surface area contributed by atoms with Gasteiger partial charge in [-0.1, -0.05) is 116 Å². The average Bonchev–Trinajstić information content (AvgIpc) is 3.13. The Morgan fingerprint density at radius 1 is 0.772 bits per heavy atom. The van der Waals surface area contributed by atoms with Crippen molar-refractivity contribution >= 4 is 35.4 Å². The van der Waals surface area contributed by atoms with Crippen molar-refractivity contribution in [3.8, 4) is 0 Å². The summed E-state index contributed by atoms with van der Waals surface area (Å²) in [6, 6.07) is -2.87. The zero-order valence-electron chi connectivity index (χ0n) is 40.3. The van der Waals surface area contributed by atoms with Gasteiger partial charge in [0.25, 0.3) is 0 Å². The Balaban J connectivity index is -0.000000156. The lowest BCUT2D eigenvalue weighted by Crippen LogP contribution is -2.59. The number of aliphatic hydroxyl groups excluding tert-OH is 1. The van der Waals surface area contributed by atoms with Crippen LogP contribution in [-0.4, -0.2) is 119 Å². The van der Waals surface area contributed by atoms with E-state index in [1.165, 1.54) is 39.3 Å². The number of likely N-dealkylation sites (N-methyl/N-ethyl adjacent to an activating group) is 3. The van der Waals surface area contributed by atoms with Crippen LogP contribution in [0.25, 0.3) is 0 Å². The predicted octanol–water partition coefficient (Wildman–Crippen LogP) is 6.43. The highest BCUT2D eigenvalue weighted by atomic mass is 16.4. The number of aliphatic carboxylic acids is 1. The molecule has 0 spiro atoms. The number of carboxylic acid groups (broad SMARTS) is 1. The van der Waals surface area contributed by atoms with Crippen molar-refractivity contribution in [2.24, 2.45) is 23.5 Å². The van der Waals surface area contributed by atoms with Gasteiger partial charge in [-0.3, -0.25) is 19.2 Å². The van der Waals surface area contributed by atoms with E-state index < -0.39 is 41.5 Å². The number of ketones is 1. The molecule has 0 aromatic rings. The molecule has 0 aliphatic rings. The summed E-state index contributed by atoms with van der Waals surface area (Å²) in [6.45, 7) is 30.2. The molecule has 0 fully saturated rings. The summed E-state index contributed by atoms with van der Waals surface area (Å²) in [5.74, 6) is -2.07. The third-order valence-electron chi connectivity index (χ3n) is 7.61. The topological polar surface area (TPSA) is 220 Å². The number of carbonyl (C=O) groups is 6. The molecule has 4 amide bonds. The molecule has 14 heteroatoms. The van der Waals surface area contributed by atoms with Crippen molar-refractivity contribution < 1.29 is 44.1 Å². The summed E-state index contributed by atoms with van der Waals surface area (Å²) in [4.78, 5) is 72.9. The van der Waals surface area contributed by atoms with Crippen molar-refractivity contribution in [2.45, 2.75) is 192 Å². The highest BCUT2D eigenvalue weighted by Gasteiger charge is 2.41. The fourth-order valence-corrected chi connectivity index (χ4v) is 5.03. The van der Waals surface area contributed by atoms with Crippen LogP contribution in [0.3, 0.4) is 0 Å². The van der Waals surface area contributed by atoms with Crippen LogP contribution >= 0.6 is 0 Å². The Morgan fingerprint density at radius 3 is 1.46 bits per heavy atom. The molecule has 4 atom stereocenters. The predicted molar refractivity (Wildman–Crippen MR) is 237 cm³/mol. The van der Waals surface area contributed by atoms with Crippen LogP contribution in [-0.2, 0) is 28.8 Å². The molecule has 14 nitrogen and oxygen atoms in total. The van der Waals surface area contributed by atoms with Crippen LogP contribution in [0.2, 0.25) is 0 Å². The Labute approximate surface area is 349 Å². The molecule has 0 heterocycles. The lowest BCUT2D eigenvalue weighted by Gasteiger charge is -2.36. The number of aliphatic hydroxyl groups is 2. The standard InChI is InChI=1S/C21H40N4O6.C8H17NO.C6H12O.C3H8.2C2H6.CH4O/c1-9-10-14(22-6)18(27)24(7)12-16(26)23-15(11-13(2)3)19(28)25(8)17(20(29)30)21(4,5)31;1-4-5-7(6(2)3)8(9)10;1-3-4-5-6(2)7;1-3-2;3*1-2/h13-15,17,22,31H,9-12H2,1-8H3,(H,23,26)(H,29,30);6-7H,4-5H2,1-3H3,(H2,9,10);3-5H2,1-2H3;3H2,1-2H3;2*1-2H3;2H,1H3. The van der Waals surface area contributed by atoms with E-state index in [9.17, 15) is 39.0 Å². The van der Waals surface area contributed by atoms with Crippen molar-refractivity contribution in [3.63, 3.8) is 0 Å². The number of nitrogens with two attached hydrogens (primary N) is 1. The second-order valence-corrected chi connectivity index (χ2v) is 14.5. The summed E-state index contributed by atoms with van der Waals surface area (Å²) in [6.07, 6.45) is 7.86. The first-order valence-electron chi connectivity index (χ1n) is 21.1. The molecule has 0 saturated carbocycles. The Morgan fingerprint density at radius 2 is 1.21 bits per heavy atom. The fourth-order valence-electron chi connectivity index (χ4n) is 5.03. The van der Waals surface area contributed by atoms with E-state index in [0.717, 1.165) is 50.5 Å². The zero-order chi connectivity index (χ0) is 47.1. The smallest absolute Gasteiger partial charge is 0.329 e. The minimum Gasteiger partial charge on any atom is -0.480 e. The Kier molecular flexibility index (Phi) is 52.9. The van der Waals surface area contributed by atoms with Gasteiger partial charge in [-0.2, -0.15) is 0 Å². The Hall–Kier alpha value is -3.10. The number of rotatable bonds is 20. The number of Topliss-reactive ketones (excluding diaryl/α,β-unsaturated/α-hetero) is 1. The molecule has 4 unspecified atom stereocenters. The van der Waals surface area contributed by atoms with Crippen LogP contribution in [0.5, 0.6) is 0 Å². The van der Waals surface area contributed by atoms with Crippen molar-refractivity contribution in [1.29, 1.82) is 0 Å². The molecule has 0 radical (unpaired) electrons. The number of hydrogen-bond acceptors (Lipinski definition) is 9. The number of hydrogen-bond donors (Lipinski definition) is 6. The van der Waals surface area contributed by atoms with E-state index in [0.29, 0.717) is 18.1 Å². The fraction of sp³-hybridized carbons (Fsp3) is 0.860. The molecular formula is C43H93N5O9. The van der Waals surface area contributed by atoms with Gasteiger partial charge in [0.1, 0.15) is 11.8 Å². The minimum atomic E-state index is -1.68. The number of carboxylic acids is 1. The van der Waals surface area contributed by atoms with E-state index in [1.54, 1.807) is 14.0 Å². The highest BCUT2D eigenvalue weighted by Crippen LogP contribution is 2.18. The lowest BCUT2D eigenvalue weighted by molar-refractivity contribution is -0.160. The van der Waals surface area contributed by atoms with E-state index in [-0.39, 0.29) is 36.6 Å². The minimum absolute atomic E-state index is 0.0330. The summed E-state index contributed by atoms with van der Waals surface area (Å²) in [5.41, 5.74) is 3.50. The molecule has 7 N–H and O–H groups in total. The van der Waals surface area contributed by atoms with Crippen molar-refractivity contribution in [3.05, 3.63) is 0 Å². The van der Waals surface area contributed by atoms with Gasteiger partial charge in [-0.25, -0.2) is 4.79 Å². The van der Waals surface area contributed by atoms with Gasteiger partial charge in [0.15, 0.2) is 6.04 Å². The molecule has 57 heavy (non-hydrogen) atoms. The van der Waals surface area contributed by atoms with Gasteiger partial charge < -0.3 is 46.3 Å². The molecule has 0 rings (SSSR count). The second kappa shape index (κ2) is 44.0. The first-order valence-corrected chi connectivity index (χ1v) is 21.1. The molecular weight excluding hydrogens is 730 g/mol. The first-order chi connectivity index (χ1) is 26.4. The summed E-state index contributed by atoms with van der Waals surface area (Å²) in [7, 11) is 5.49. The monoisotopic (exact) mass is 824 g/mol. The summed E-state index contributed by atoms with van der Waals surface area (Å²) >= 11 is 0. The van der Waals surface area contributed by atoms with Crippen LogP contribution in [0.4, 0.5) is 0 Å². The zero-order valence-corrected chi connectivity index (χ0v) is 40.3. The maximum absolute atomic E-state index is 13.0. The van der Waals surface area contributed by atoms with E-state index in [4.69, 9.17) is 10.8 Å². The Bertz CT molecular complexity index is 1000. The van der Waals surface area contributed by atoms with Crippen LogP contribution in [0, 0.1) is 17.8 Å². The third kappa shape index (κ3) is 39.5. The second-order valence-electron chi connectivity index (χ2n) is 14.5. The largest absolute Gasteiger partial charge is 0.480 e. The summed E-state index contributed by atoms with van der Waals surface area (Å²) < 4.78 is 0. The van der Waals surface area contributed by atoms with Crippen LogP contribution < -0.4 is 16.4 Å². The van der Waals surface area contributed by atoms with E-state index in [1.807, 2.05) is 62.3 Å². The molecule has 0 bridgehead atoms. The van der Waals surface area contributed by atoms with E-state index >= 15 is 0 Å². The number of carbonyl (C=O) groups excluding carboxylic acids is 5. The molecule has 0 aromatic heterocycles. The van der Waals surface area contributed by atoms with Gasteiger partial charge >= 0.3 is 5.97 Å². The molecule has 344 valence electrons. The summed E-state index contributed by atoms with van der Waals surface area (Å²) in [5, 5.41) is 32.2. The SMILES string of the molecule is CC.CC.CCC.CCCC(C(N)=O)C(C)C.CCCC(NC)C(=O)N(C)CC(=O)NC(CC(C)C)C(=O)N(C)C(C(=O)O)C(C)(C)O.CCCCC(C)=O.CO. The van der Waals surface area contributed by atoms with Gasteiger partial charge in [-0.15, -0.1) is 0 Å². The van der Waals surface area contributed by atoms with Crippen LogP contribution in [0.1, 0.15) is 169 Å². The maximum Gasteiger partial charge on any atom is 0.329 e. The van der Waals surface area contributed by atoms with Gasteiger partial charge in [-0.05, 0) is 65.3 Å². The molecule has 0 aliphatic heterocycles. The van der Waals surface area contributed by atoms with Gasteiger partial charge in [0, 0.05) is 33.5 Å². The van der Waals surface area contributed by atoms with Crippen molar-refractivity contribution in [1.82, 2.24) is 20.4 Å². The quantitative estimate of drug-likeness (QED) is 0.0790. The van der Waals surface area contributed by atoms with Gasteiger partial charge in [0.05, 0.1) is 18.2 Å². The normalized spacial score (nSPS) is 12.0. The number of primary amides is 1. The molecule has 0 aliphatic carbocycles. The highest BCUT2D eigenvalue weighted by molar-refractivity contribution is 5.92. The third-order valence-corrected chi connectivity index (χ3v) is 7.61. The number of unbranched alkanes of at least 4 members (excludes halogenated alkanes) is 1. The van der Waals surface area contributed by atoms with Crippen LogP contribution in [0.15, 0.2) is 0 Å². The first kappa shape index (κ1) is 68.6. The number of amides is 4. The maximum atomic E-state index is 13.0. The average molecular weight is 824 g/mol. The van der Waals surface area contributed by atoms with Gasteiger partial charge in [0.2, 0.25) is 23.6 Å². The van der Waals surface area contributed by atoms with E-state index in [2.05, 4.69) is 38.3 Å². The number of nitrogens with zero attached hydrogens (tertiary/aromatic N) is 2. The van der Waals surface area contributed by atoms with Crippen molar-refractivity contribution in [2.75, 3.05) is 34.8 Å².